The first kappa shape index (κ1) is 28.1. The van der Waals surface area contributed by atoms with E-state index >= 15 is 0 Å². The van der Waals surface area contributed by atoms with Crippen LogP contribution in [-0.2, 0) is 4.74 Å². The van der Waals surface area contributed by atoms with Gasteiger partial charge >= 0.3 is 6.03 Å². The molecular weight excluding hydrogens is 528 g/mol. The van der Waals surface area contributed by atoms with E-state index in [1.807, 2.05) is 0 Å². The van der Waals surface area contributed by atoms with E-state index in [9.17, 15) is 18.4 Å². The molecule has 1 aliphatic rings. The van der Waals surface area contributed by atoms with Gasteiger partial charge in [-0.2, -0.15) is 0 Å². The van der Waals surface area contributed by atoms with E-state index in [1.54, 1.807) is 54.5 Å². The number of aromatic nitrogens is 2. The second-order valence-corrected chi connectivity index (χ2v) is 10.0. The van der Waals surface area contributed by atoms with Gasteiger partial charge in [0.2, 0.25) is 0 Å². The van der Waals surface area contributed by atoms with Crippen molar-refractivity contribution in [2.45, 2.75) is 12.8 Å². The van der Waals surface area contributed by atoms with Crippen LogP contribution in [0.2, 0.25) is 0 Å². The number of urea groups is 1. The van der Waals surface area contributed by atoms with Crippen LogP contribution in [0.15, 0.2) is 66.7 Å². The van der Waals surface area contributed by atoms with Crippen molar-refractivity contribution in [3.05, 3.63) is 83.9 Å². The predicted octanol–water partition coefficient (Wildman–Crippen LogP) is 5.04. The summed E-state index contributed by atoms with van der Waals surface area (Å²) < 4.78 is 32.2. The van der Waals surface area contributed by atoms with Crippen molar-refractivity contribution in [3.8, 4) is 22.5 Å². The zero-order valence-corrected chi connectivity index (χ0v) is 22.7. The number of nitrogens with one attached hydrogen (secondary N) is 2. The van der Waals surface area contributed by atoms with Crippen molar-refractivity contribution in [2.24, 2.45) is 5.92 Å². The molecule has 1 atom stereocenters. The highest BCUT2D eigenvalue weighted by molar-refractivity contribution is 5.98. The maximum Gasteiger partial charge on any atom is 0.317 e. The monoisotopic (exact) mass is 559 g/mol. The largest absolute Gasteiger partial charge is 0.383 e. The lowest BCUT2D eigenvalue weighted by Crippen LogP contribution is -2.48. The fourth-order valence-corrected chi connectivity index (χ4v) is 4.94. The Morgan fingerprint density at radius 3 is 2.17 bits per heavy atom. The number of hydrogen-bond acceptors (Lipinski definition) is 5. The van der Waals surface area contributed by atoms with Gasteiger partial charge in [0.25, 0.3) is 5.91 Å². The molecule has 0 bridgehead atoms. The number of benzene rings is 3. The van der Waals surface area contributed by atoms with E-state index in [2.05, 4.69) is 10.6 Å². The molecule has 0 radical (unpaired) electrons. The quantitative estimate of drug-likeness (QED) is 0.295. The van der Waals surface area contributed by atoms with Crippen LogP contribution in [0.25, 0.3) is 33.5 Å². The lowest BCUT2D eigenvalue weighted by molar-refractivity contribution is 0.0937. The Balaban J connectivity index is 1.34. The number of rotatable bonds is 8. The van der Waals surface area contributed by atoms with Gasteiger partial charge in [0, 0.05) is 50.0 Å². The van der Waals surface area contributed by atoms with Gasteiger partial charge in [-0.15, -0.1) is 0 Å². The molecular formula is C31H31F2N5O3. The fourth-order valence-electron chi connectivity index (χ4n) is 4.94. The number of ether oxygens (including phenoxy) is 1. The highest BCUT2D eigenvalue weighted by Gasteiger charge is 2.24. The molecule has 3 aromatic carbocycles. The summed E-state index contributed by atoms with van der Waals surface area (Å²) in [5, 5.41) is 5.84. The number of carbonyl (C=O) groups is 2. The van der Waals surface area contributed by atoms with E-state index in [0.717, 1.165) is 12.8 Å². The lowest BCUT2D eigenvalue weighted by atomic mass is 9.98. The molecule has 10 heteroatoms. The maximum atomic E-state index is 13.6. The molecule has 5 rings (SSSR count). The van der Waals surface area contributed by atoms with Crippen LogP contribution in [0, 0.1) is 17.6 Å². The number of nitrogens with zero attached hydrogens (tertiary/aromatic N) is 3. The minimum absolute atomic E-state index is 0.122. The Morgan fingerprint density at radius 1 is 0.902 bits per heavy atom. The molecule has 4 aromatic rings. The molecule has 2 N–H and O–H groups in total. The number of amides is 3. The van der Waals surface area contributed by atoms with E-state index < -0.39 is 0 Å². The standard InChI is InChI=1S/C31H31F2N5O3/c1-41-16-14-34-31(40)38-15-2-3-20(19-38)18-35-30(39)23-8-13-26-27(17-23)37-29(22-6-11-25(33)12-7-22)28(36-26)21-4-9-24(32)10-5-21/h4-13,17,20H,2-3,14-16,18-19H2,1H3,(H,34,40)(H,35,39)/t20-/m1/s1. The molecule has 41 heavy (non-hydrogen) atoms. The molecule has 1 fully saturated rings. The van der Waals surface area contributed by atoms with Gasteiger partial charge in [0.05, 0.1) is 29.0 Å². The number of halogens is 2. The van der Waals surface area contributed by atoms with E-state index in [-0.39, 0.29) is 29.5 Å². The zero-order valence-electron chi connectivity index (χ0n) is 22.7. The molecule has 1 aliphatic heterocycles. The van der Waals surface area contributed by atoms with Crippen LogP contribution in [-0.4, -0.2) is 66.7 Å². The normalized spacial score (nSPS) is 15.1. The number of piperidine rings is 1. The molecule has 8 nitrogen and oxygen atoms in total. The summed E-state index contributed by atoms with van der Waals surface area (Å²) in [7, 11) is 1.59. The highest BCUT2D eigenvalue weighted by atomic mass is 19.1. The minimum Gasteiger partial charge on any atom is -0.383 e. The zero-order chi connectivity index (χ0) is 28.8. The number of carbonyl (C=O) groups excluding carboxylic acids is 2. The first-order valence-electron chi connectivity index (χ1n) is 13.5. The topological polar surface area (TPSA) is 96.5 Å². The van der Waals surface area contributed by atoms with Gasteiger partial charge in [0.15, 0.2) is 0 Å². The van der Waals surface area contributed by atoms with Gasteiger partial charge in [0.1, 0.15) is 11.6 Å². The van der Waals surface area contributed by atoms with Crippen molar-refractivity contribution in [1.82, 2.24) is 25.5 Å². The summed E-state index contributed by atoms with van der Waals surface area (Å²) in [6.07, 6.45) is 1.78. The Kier molecular flexibility index (Phi) is 8.79. The molecule has 2 heterocycles. The van der Waals surface area contributed by atoms with Crippen molar-refractivity contribution >= 4 is 23.0 Å². The molecule has 1 aromatic heterocycles. The van der Waals surface area contributed by atoms with Gasteiger partial charge < -0.3 is 20.3 Å². The smallest absolute Gasteiger partial charge is 0.317 e. The van der Waals surface area contributed by atoms with Crippen LogP contribution in [0.1, 0.15) is 23.2 Å². The molecule has 0 unspecified atom stereocenters. The second kappa shape index (κ2) is 12.8. The van der Waals surface area contributed by atoms with Crippen LogP contribution >= 0.6 is 0 Å². The summed E-state index contributed by atoms with van der Waals surface area (Å²) in [5.74, 6) is -0.851. The SMILES string of the molecule is COCCNC(=O)N1CCC[C@H](CNC(=O)c2ccc3nc(-c4ccc(F)cc4)c(-c4ccc(F)cc4)nc3c2)C1. The van der Waals surface area contributed by atoms with Gasteiger partial charge in [-0.3, -0.25) is 4.79 Å². The average molecular weight is 560 g/mol. The molecule has 0 saturated carbocycles. The lowest BCUT2D eigenvalue weighted by Gasteiger charge is -2.32. The summed E-state index contributed by atoms with van der Waals surface area (Å²) in [6, 6.07) is 16.8. The fraction of sp³-hybridized carbons (Fsp3) is 0.290. The van der Waals surface area contributed by atoms with E-state index in [0.29, 0.717) is 71.9 Å². The Labute approximate surface area is 236 Å². The number of likely N-dealkylation sites (tertiary alicyclic amines) is 1. The number of hydrogen-bond donors (Lipinski definition) is 2. The minimum atomic E-state index is -0.377. The van der Waals surface area contributed by atoms with Gasteiger partial charge in [-0.05, 0) is 85.5 Å². The summed E-state index contributed by atoms with van der Waals surface area (Å²) >= 11 is 0. The molecule has 3 amide bonds. The molecule has 212 valence electrons. The summed E-state index contributed by atoms with van der Waals surface area (Å²) in [5.41, 5.74) is 3.81. The highest BCUT2D eigenvalue weighted by Crippen LogP contribution is 2.31. The third-order valence-corrected chi connectivity index (χ3v) is 7.10. The van der Waals surface area contributed by atoms with Gasteiger partial charge in [-0.25, -0.2) is 23.5 Å². The maximum absolute atomic E-state index is 13.6. The van der Waals surface area contributed by atoms with Crippen molar-refractivity contribution < 1.29 is 23.1 Å². The van der Waals surface area contributed by atoms with Crippen molar-refractivity contribution in [2.75, 3.05) is 39.9 Å². The van der Waals surface area contributed by atoms with Crippen LogP contribution in [0.5, 0.6) is 0 Å². The van der Waals surface area contributed by atoms with Crippen molar-refractivity contribution in [3.63, 3.8) is 0 Å². The summed E-state index contributed by atoms with van der Waals surface area (Å²) in [4.78, 5) is 36.9. The third-order valence-electron chi connectivity index (χ3n) is 7.10. The Hall–Kier alpha value is -4.44. The van der Waals surface area contributed by atoms with Crippen molar-refractivity contribution in [1.29, 1.82) is 0 Å². The molecule has 1 saturated heterocycles. The number of fused-ring (bicyclic) bond motifs is 1. The first-order chi connectivity index (χ1) is 19.9. The van der Waals surface area contributed by atoms with Crippen LogP contribution in [0.4, 0.5) is 13.6 Å². The molecule has 0 aliphatic carbocycles. The Morgan fingerprint density at radius 2 is 1.54 bits per heavy atom. The molecule has 0 spiro atoms. The van der Waals surface area contributed by atoms with Crippen LogP contribution in [0.3, 0.4) is 0 Å². The van der Waals surface area contributed by atoms with Gasteiger partial charge in [-0.1, -0.05) is 0 Å². The number of methoxy groups -OCH3 is 1. The average Bonchev–Trinajstić information content (AvgIpc) is 3.00. The Bertz CT molecular complexity index is 1530. The van der Waals surface area contributed by atoms with Crippen LogP contribution < -0.4 is 10.6 Å². The third kappa shape index (κ3) is 6.83. The second-order valence-electron chi connectivity index (χ2n) is 10.0. The summed E-state index contributed by atoms with van der Waals surface area (Å²) in [6.45, 7) is 2.59. The predicted molar refractivity (Wildman–Crippen MR) is 152 cm³/mol. The van der Waals surface area contributed by atoms with E-state index in [4.69, 9.17) is 14.7 Å². The van der Waals surface area contributed by atoms with E-state index in [1.165, 1.54) is 24.3 Å². The first-order valence-corrected chi connectivity index (χ1v) is 13.5.